The number of amides is 2. The van der Waals surface area contributed by atoms with Crippen LogP contribution in [0.25, 0.3) is 0 Å². The van der Waals surface area contributed by atoms with Gasteiger partial charge in [0.1, 0.15) is 18.1 Å². The molecule has 0 bridgehead atoms. The normalized spacial score (nSPS) is 17.1. The van der Waals surface area contributed by atoms with E-state index < -0.39 is 0 Å². The fourth-order valence-corrected chi connectivity index (χ4v) is 5.05. The van der Waals surface area contributed by atoms with Gasteiger partial charge in [-0.3, -0.25) is 14.5 Å². The summed E-state index contributed by atoms with van der Waals surface area (Å²) in [6.07, 6.45) is 3.79. The number of hydrogen-bond acceptors (Lipinski definition) is 5. The summed E-state index contributed by atoms with van der Waals surface area (Å²) in [6, 6.07) is 18.2. The maximum atomic E-state index is 12.7. The number of nitrogens with zero attached hydrogens (tertiary/aromatic N) is 3. The van der Waals surface area contributed by atoms with E-state index in [4.69, 9.17) is 9.47 Å². The summed E-state index contributed by atoms with van der Waals surface area (Å²) >= 11 is 0. The molecule has 0 atom stereocenters. The second-order valence-corrected chi connectivity index (χ2v) is 9.76. The molecule has 0 unspecified atom stereocenters. The van der Waals surface area contributed by atoms with Crippen molar-refractivity contribution in [2.75, 3.05) is 59.5 Å². The van der Waals surface area contributed by atoms with Gasteiger partial charge in [-0.05, 0) is 55.0 Å². The second-order valence-electron chi connectivity index (χ2n) is 9.76. The first-order chi connectivity index (χ1) is 17.6. The van der Waals surface area contributed by atoms with E-state index >= 15 is 0 Å². The zero-order valence-electron chi connectivity index (χ0n) is 21.4. The Morgan fingerprint density at radius 2 is 1.36 bits per heavy atom. The minimum absolute atomic E-state index is 0.0939. The molecule has 4 rings (SSSR count). The first-order valence-corrected chi connectivity index (χ1v) is 13.2. The van der Waals surface area contributed by atoms with E-state index in [9.17, 15) is 9.59 Å². The first-order valence-electron chi connectivity index (χ1n) is 13.2. The van der Waals surface area contributed by atoms with Gasteiger partial charge in [-0.1, -0.05) is 30.3 Å². The van der Waals surface area contributed by atoms with Crippen LogP contribution in [0.3, 0.4) is 0 Å². The lowest BCUT2D eigenvalue weighted by Crippen LogP contribution is -2.49. The van der Waals surface area contributed by atoms with Crippen LogP contribution in [0.2, 0.25) is 0 Å². The van der Waals surface area contributed by atoms with Crippen molar-refractivity contribution in [3.05, 3.63) is 60.2 Å². The van der Waals surface area contributed by atoms with Crippen molar-refractivity contribution in [3.63, 3.8) is 0 Å². The lowest BCUT2D eigenvalue weighted by molar-refractivity contribution is -0.138. The standard InChI is InChI=1S/C29H39N3O4/c1-35-26-7-9-27(10-8-26)36-22-21-30-17-19-32(20-18-30)29(34)12-11-28(33)31-15-13-25(14-16-31)23-24-5-3-2-4-6-24/h2-10,25H,11-23H2,1H3. The molecule has 7 nitrogen and oxygen atoms in total. The molecule has 0 N–H and O–H groups in total. The van der Waals surface area contributed by atoms with Crippen LogP contribution in [0.1, 0.15) is 31.2 Å². The summed E-state index contributed by atoms with van der Waals surface area (Å²) in [5.74, 6) is 2.49. The van der Waals surface area contributed by atoms with Crippen LogP contribution in [0, 0.1) is 5.92 Å². The molecule has 2 amide bonds. The van der Waals surface area contributed by atoms with Crippen LogP contribution in [0.15, 0.2) is 54.6 Å². The highest BCUT2D eigenvalue weighted by atomic mass is 16.5. The highest BCUT2D eigenvalue weighted by Crippen LogP contribution is 2.22. The predicted octanol–water partition coefficient (Wildman–Crippen LogP) is 3.48. The average molecular weight is 494 g/mol. The van der Waals surface area contributed by atoms with Crippen molar-refractivity contribution in [1.29, 1.82) is 0 Å². The Morgan fingerprint density at radius 3 is 1.97 bits per heavy atom. The van der Waals surface area contributed by atoms with Gasteiger partial charge in [-0.15, -0.1) is 0 Å². The van der Waals surface area contributed by atoms with Crippen molar-refractivity contribution < 1.29 is 19.1 Å². The SMILES string of the molecule is COc1ccc(OCCN2CCN(C(=O)CCC(=O)N3CCC(Cc4ccccc4)CC3)CC2)cc1. The molecule has 2 aromatic carbocycles. The van der Waals surface area contributed by atoms with Gasteiger partial charge in [0.15, 0.2) is 0 Å². The van der Waals surface area contributed by atoms with Crippen LogP contribution >= 0.6 is 0 Å². The second kappa shape index (κ2) is 13.3. The quantitative estimate of drug-likeness (QED) is 0.507. The smallest absolute Gasteiger partial charge is 0.223 e. The van der Waals surface area contributed by atoms with Gasteiger partial charge >= 0.3 is 0 Å². The van der Waals surface area contributed by atoms with E-state index in [1.165, 1.54) is 5.56 Å². The fourth-order valence-electron chi connectivity index (χ4n) is 5.05. The molecule has 2 aliphatic heterocycles. The Morgan fingerprint density at radius 1 is 0.778 bits per heavy atom. The summed E-state index contributed by atoms with van der Waals surface area (Å²) in [7, 11) is 1.65. The Labute approximate surface area is 215 Å². The molecule has 7 heteroatoms. The number of piperazine rings is 1. The van der Waals surface area contributed by atoms with Crippen LogP contribution in [-0.4, -0.2) is 86.0 Å². The lowest BCUT2D eigenvalue weighted by Gasteiger charge is -2.35. The first kappa shape index (κ1) is 26.0. The molecule has 2 saturated heterocycles. The number of carbonyl (C=O) groups excluding carboxylic acids is 2. The van der Waals surface area contributed by atoms with Crippen LogP contribution in [0.4, 0.5) is 0 Å². The van der Waals surface area contributed by atoms with Crippen LogP contribution < -0.4 is 9.47 Å². The number of ether oxygens (including phenoxy) is 2. The number of benzene rings is 2. The van der Waals surface area contributed by atoms with Gasteiger partial charge in [0.25, 0.3) is 0 Å². The van der Waals surface area contributed by atoms with Crippen LogP contribution in [0.5, 0.6) is 11.5 Å². The number of carbonyl (C=O) groups is 2. The largest absolute Gasteiger partial charge is 0.497 e. The van der Waals surface area contributed by atoms with Gasteiger partial charge in [0.2, 0.25) is 11.8 Å². The maximum Gasteiger partial charge on any atom is 0.223 e. The molecule has 194 valence electrons. The predicted molar refractivity (Wildman–Crippen MR) is 140 cm³/mol. The zero-order valence-corrected chi connectivity index (χ0v) is 21.4. The number of methoxy groups -OCH3 is 1. The summed E-state index contributed by atoms with van der Waals surface area (Å²) < 4.78 is 11.0. The summed E-state index contributed by atoms with van der Waals surface area (Å²) in [5.41, 5.74) is 1.37. The maximum absolute atomic E-state index is 12.7. The molecule has 0 aromatic heterocycles. The third-order valence-corrected chi connectivity index (χ3v) is 7.35. The summed E-state index contributed by atoms with van der Waals surface area (Å²) in [4.78, 5) is 31.6. The molecule has 2 aliphatic rings. The molecule has 0 radical (unpaired) electrons. The zero-order chi connectivity index (χ0) is 25.2. The third-order valence-electron chi connectivity index (χ3n) is 7.35. The highest BCUT2D eigenvalue weighted by Gasteiger charge is 2.25. The van der Waals surface area contributed by atoms with E-state index in [1.807, 2.05) is 40.1 Å². The van der Waals surface area contributed by atoms with Crippen molar-refractivity contribution >= 4 is 11.8 Å². The number of rotatable bonds is 10. The van der Waals surface area contributed by atoms with Crippen LogP contribution in [-0.2, 0) is 16.0 Å². The molecule has 36 heavy (non-hydrogen) atoms. The summed E-state index contributed by atoms with van der Waals surface area (Å²) in [5, 5.41) is 0. The van der Waals surface area contributed by atoms with Crippen molar-refractivity contribution in [3.8, 4) is 11.5 Å². The van der Waals surface area contributed by atoms with Crippen molar-refractivity contribution in [1.82, 2.24) is 14.7 Å². The summed E-state index contributed by atoms with van der Waals surface area (Å²) in [6.45, 7) is 6.13. The third kappa shape index (κ3) is 7.72. The van der Waals surface area contributed by atoms with E-state index in [0.29, 0.717) is 38.5 Å². The molecule has 2 fully saturated rings. The van der Waals surface area contributed by atoms with Gasteiger partial charge in [0.05, 0.1) is 7.11 Å². The molecular formula is C29H39N3O4. The van der Waals surface area contributed by atoms with E-state index in [-0.39, 0.29) is 11.8 Å². The molecule has 0 saturated carbocycles. The monoisotopic (exact) mass is 493 g/mol. The molecule has 2 aromatic rings. The van der Waals surface area contributed by atoms with E-state index in [0.717, 1.165) is 63.5 Å². The minimum Gasteiger partial charge on any atom is -0.497 e. The molecule has 0 spiro atoms. The highest BCUT2D eigenvalue weighted by molar-refractivity contribution is 5.84. The number of hydrogen-bond donors (Lipinski definition) is 0. The topological polar surface area (TPSA) is 62.3 Å². The Kier molecular flexibility index (Phi) is 9.61. The average Bonchev–Trinajstić information content (AvgIpc) is 2.93. The fraction of sp³-hybridized carbons (Fsp3) is 0.517. The lowest BCUT2D eigenvalue weighted by atomic mass is 9.90. The van der Waals surface area contributed by atoms with E-state index in [2.05, 4.69) is 29.2 Å². The minimum atomic E-state index is 0.0939. The van der Waals surface area contributed by atoms with Gasteiger partial charge in [-0.2, -0.15) is 0 Å². The number of likely N-dealkylation sites (tertiary alicyclic amines) is 1. The van der Waals surface area contributed by atoms with E-state index in [1.54, 1.807) is 7.11 Å². The Hall–Kier alpha value is -3.06. The Balaban J connectivity index is 1.08. The molecule has 2 heterocycles. The van der Waals surface area contributed by atoms with Crippen molar-refractivity contribution in [2.45, 2.75) is 32.1 Å². The van der Waals surface area contributed by atoms with Crippen molar-refractivity contribution in [2.24, 2.45) is 5.92 Å². The van der Waals surface area contributed by atoms with Gasteiger partial charge < -0.3 is 19.3 Å². The Bertz CT molecular complexity index is 950. The molecule has 0 aliphatic carbocycles. The number of piperidine rings is 1. The molecular weight excluding hydrogens is 454 g/mol. The van der Waals surface area contributed by atoms with Gasteiger partial charge in [-0.25, -0.2) is 0 Å². The van der Waals surface area contributed by atoms with Gasteiger partial charge in [0, 0.05) is 58.7 Å².